The average molecular weight is 284 g/mol. The van der Waals surface area contributed by atoms with Crippen molar-refractivity contribution in [2.24, 2.45) is 11.1 Å². The second-order valence-corrected chi connectivity index (χ2v) is 6.42. The molecule has 2 aromatic carbocycles. The Hall–Kier alpha value is -1.87. The first kappa shape index (κ1) is 15.5. The largest absolute Gasteiger partial charge is 0.319 e. The van der Waals surface area contributed by atoms with Crippen molar-refractivity contribution in [1.82, 2.24) is 0 Å². The third kappa shape index (κ3) is 3.08. The van der Waals surface area contributed by atoms with Crippen molar-refractivity contribution in [1.29, 1.82) is 0 Å². The molecule has 1 amide bonds. The van der Waals surface area contributed by atoms with Gasteiger partial charge in [-0.1, -0.05) is 57.2 Å². The maximum atomic E-state index is 12.8. The van der Waals surface area contributed by atoms with Crippen LogP contribution < -0.4 is 10.6 Å². The van der Waals surface area contributed by atoms with Gasteiger partial charge >= 0.3 is 0 Å². The third-order valence-electron chi connectivity index (χ3n) is 3.84. The molecular weight excluding hydrogens is 260 g/mol. The predicted molar refractivity (Wildman–Crippen MR) is 89.4 cm³/mol. The zero-order valence-corrected chi connectivity index (χ0v) is 13.3. The molecule has 0 aliphatic heterocycles. The summed E-state index contributed by atoms with van der Waals surface area (Å²) in [6.45, 7) is 8.57. The van der Waals surface area contributed by atoms with Crippen molar-refractivity contribution in [3.8, 4) is 0 Å². The molecule has 3 heteroatoms. The van der Waals surface area contributed by atoms with E-state index in [1.165, 1.54) is 0 Å². The number of likely N-dealkylation sites (N-methyl/N-ethyl adjacent to an activating group) is 1. The number of fused-ring (bicyclic) bond motifs is 1. The summed E-state index contributed by atoms with van der Waals surface area (Å²) in [5.41, 5.74) is 6.84. The third-order valence-corrected chi connectivity index (χ3v) is 3.84. The Labute approximate surface area is 126 Å². The van der Waals surface area contributed by atoms with Crippen LogP contribution in [0.25, 0.3) is 10.8 Å². The molecule has 0 aliphatic rings. The lowest BCUT2D eigenvalue weighted by molar-refractivity contribution is -0.121. The number of carbonyl (C=O) groups is 1. The van der Waals surface area contributed by atoms with Crippen molar-refractivity contribution in [2.45, 2.75) is 33.7 Å². The van der Waals surface area contributed by atoms with Gasteiger partial charge in [0.1, 0.15) is 0 Å². The quantitative estimate of drug-likeness (QED) is 0.936. The number of benzene rings is 2. The molecule has 0 fully saturated rings. The maximum absolute atomic E-state index is 12.8. The molecular formula is C18H24N2O. The lowest BCUT2D eigenvalue weighted by atomic mass is 9.86. The summed E-state index contributed by atoms with van der Waals surface area (Å²) in [4.78, 5) is 14.6. The van der Waals surface area contributed by atoms with Crippen LogP contribution in [0.2, 0.25) is 0 Å². The molecule has 0 saturated heterocycles. The van der Waals surface area contributed by atoms with E-state index in [1.54, 1.807) is 4.90 Å². The Kier molecular flexibility index (Phi) is 4.33. The van der Waals surface area contributed by atoms with Crippen molar-refractivity contribution in [3.63, 3.8) is 0 Å². The highest BCUT2D eigenvalue weighted by atomic mass is 16.2. The maximum Gasteiger partial charge on any atom is 0.244 e. The Balaban J connectivity index is 2.47. The number of carbonyl (C=O) groups excluding carboxylic acids is 1. The normalized spacial score (nSPS) is 13.2. The minimum Gasteiger partial charge on any atom is -0.319 e. The van der Waals surface area contributed by atoms with Gasteiger partial charge in [-0.05, 0) is 23.8 Å². The smallest absolute Gasteiger partial charge is 0.244 e. The second-order valence-electron chi connectivity index (χ2n) is 6.42. The molecule has 2 N–H and O–H groups in total. The van der Waals surface area contributed by atoms with E-state index in [4.69, 9.17) is 5.73 Å². The molecule has 1 atom stereocenters. The van der Waals surface area contributed by atoms with Crippen LogP contribution in [-0.2, 0) is 4.79 Å². The molecule has 0 aliphatic carbocycles. The Morgan fingerprint density at radius 3 is 2.38 bits per heavy atom. The molecule has 0 spiro atoms. The van der Waals surface area contributed by atoms with E-state index in [-0.39, 0.29) is 11.3 Å². The summed E-state index contributed by atoms with van der Waals surface area (Å²) < 4.78 is 0. The summed E-state index contributed by atoms with van der Waals surface area (Å²) in [5.74, 6) is -0.0265. The number of amides is 1. The average Bonchev–Trinajstić information content (AvgIpc) is 2.46. The van der Waals surface area contributed by atoms with E-state index in [2.05, 4.69) is 12.1 Å². The minimum atomic E-state index is -0.517. The first-order valence-corrected chi connectivity index (χ1v) is 7.41. The molecule has 112 valence electrons. The Morgan fingerprint density at radius 1 is 1.14 bits per heavy atom. The highest BCUT2D eigenvalue weighted by Crippen LogP contribution is 2.28. The molecule has 0 bridgehead atoms. The van der Waals surface area contributed by atoms with Gasteiger partial charge in [0.2, 0.25) is 5.91 Å². The van der Waals surface area contributed by atoms with Gasteiger partial charge in [-0.2, -0.15) is 0 Å². The van der Waals surface area contributed by atoms with E-state index in [0.29, 0.717) is 6.54 Å². The van der Waals surface area contributed by atoms with Crippen LogP contribution in [0.1, 0.15) is 27.7 Å². The molecule has 0 unspecified atom stereocenters. The molecule has 0 aromatic heterocycles. The van der Waals surface area contributed by atoms with Gasteiger partial charge in [-0.3, -0.25) is 4.79 Å². The second kappa shape index (κ2) is 5.86. The first-order chi connectivity index (χ1) is 9.86. The fraction of sp³-hybridized carbons (Fsp3) is 0.389. The molecule has 3 nitrogen and oxygen atoms in total. The molecule has 0 heterocycles. The standard InChI is InChI=1S/C18H24N2O/c1-5-20(17(21)16(19)18(2,3)4)15-12-8-10-13-9-6-7-11-14(13)15/h6-12,16H,5,19H2,1-4H3/t16-/m0/s1. The number of anilines is 1. The summed E-state index contributed by atoms with van der Waals surface area (Å²) in [5, 5.41) is 2.21. The minimum absolute atomic E-state index is 0.0265. The van der Waals surface area contributed by atoms with Crippen LogP contribution in [-0.4, -0.2) is 18.5 Å². The number of nitrogens with zero attached hydrogens (tertiary/aromatic N) is 1. The van der Waals surface area contributed by atoms with Crippen LogP contribution in [0, 0.1) is 5.41 Å². The van der Waals surface area contributed by atoms with Gasteiger partial charge in [-0.15, -0.1) is 0 Å². The van der Waals surface area contributed by atoms with Gasteiger partial charge in [0.15, 0.2) is 0 Å². The van der Waals surface area contributed by atoms with Crippen LogP contribution >= 0.6 is 0 Å². The van der Waals surface area contributed by atoms with E-state index >= 15 is 0 Å². The SMILES string of the molecule is CCN(C(=O)[C@H](N)C(C)(C)C)c1cccc2ccccc12. The van der Waals surface area contributed by atoms with E-state index < -0.39 is 6.04 Å². The fourth-order valence-corrected chi connectivity index (χ4v) is 2.43. The van der Waals surface area contributed by atoms with Gasteiger partial charge in [0.25, 0.3) is 0 Å². The highest BCUT2D eigenvalue weighted by Gasteiger charge is 2.31. The van der Waals surface area contributed by atoms with Gasteiger partial charge in [0.05, 0.1) is 11.7 Å². The molecule has 21 heavy (non-hydrogen) atoms. The van der Waals surface area contributed by atoms with Gasteiger partial charge in [-0.25, -0.2) is 0 Å². The van der Waals surface area contributed by atoms with Crippen molar-refractivity contribution < 1.29 is 4.79 Å². The monoisotopic (exact) mass is 284 g/mol. The summed E-state index contributed by atoms with van der Waals surface area (Å²) in [6, 6.07) is 13.6. The zero-order chi connectivity index (χ0) is 15.6. The van der Waals surface area contributed by atoms with Crippen molar-refractivity contribution in [3.05, 3.63) is 42.5 Å². The van der Waals surface area contributed by atoms with Gasteiger partial charge in [0, 0.05) is 11.9 Å². The lowest BCUT2D eigenvalue weighted by Gasteiger charge is -2.32. The number of hydrogen-bond donors (Lipinski definition) is 1. The number of nitrogens with two attached hydrogens (primary N) is 1. The molecule has 2 aromatic rings. The van der Waals surface area contributed by atoms with Crippen molar-refractivity contribution in [2.75, 3.05) is 11.4 Å². The van der Waals surface area contributed by atoms with Crippen LogP contribution in [0.5, 0.6) is 0 Å². The Morgan fingerprint density at radius 2 is 1.76 bits per heavy atom. The number of hydrogen-bond acceptors (Lipinski definition) is 2. The van der Waals surface area contributed by atoms with E-state index in [1.807, 2.05) is 58.0 Å². The van der Waals surface area contributed by atoms with Crippen LogP contribution in [0.4, 0.5) is 5.69 Å². The Bertz CT molecular complexity index is 638. The lowest BCUT2D eigenvalue weighted by Crippen LogP contribution is -2.50. The molecule has 0 saturated carbocycles. The van der Waals surface area contributed by atoms with E-state index in [9.17, 15) is 4.79 Å². The van der Waals surface area contributed by atoms with Crippen LogP contribution in [0.15, 0.2) is 42.5 Å². The molecule has 2 rings (SSSR count). The molecule has 0 radical (unpaired) electrons. The first-order valence-electron chi connectivity index (χ1n) is 7.41. The summed E-state index contributed by atoms with van der Waals surface area (Å²) >= 11 is 0. The summed E-state index contributed by atoms with van der Waals surface area (Å²) in [7, 11) is 0. The highest BCUT2D eigenvalue weighted by molar-refractivity contribution is 6.05. The van der Waals surface area contributed by atoms with Crippen molar-refractivity contribution >= 4 is 22.4 Å². The number of rotatable bonds is 3. The van der Waals surface area contributed by atoms with Gasteiger partial charge < -0.3 is 10.6 Å². The topological polar surface area (TPSA) is 46.3 Å². The van der Waals surface area contributed by atoms with Crippen LogP contribution in [0.3, 0.4) is 0 Å². The van der Waals surface area contributed by atoms with E-state index in [0.717, 1.165) is 16.5 Å². The predicted octanol–water partition coefficient (Wildman–Crippen LogP) is 3.57. The fourth-order valence-electron chi connectivity index (χ4n) is 2.43. The summed E-state index contributed by atoms with van der Waals surface area (Å²) in [6.07, 6.45) is 0. The zero-order valence-electron chi connectivity index (χ0n) is 13.3.